The summed E-state index contributed by atoms with van der Waals surface area (Å²) in [6.45, 7) is 3.96. The Hall–Kier alpha value is -3.23. The molecular weight excluding hydrogens is 476 g/mol. The summed E-state index contributed by atoms with van der Waals surface area (Å²) in [4.78, 5) is 12.8. The van der Waals surface area contributed by atoms with Crippen LogP contribution in [-0.2, 0) is 14.8 Å². The molecule has 9 heteroatoms. The Kier molecular flexibility index (Phi) is 8.79. The van der Waals surface area contributed by atoms with Crippen molar-refractivity contribution in [1.29, 1.82) is 0 Å². The van der Waals surface area contributed by atoms with Gasteiger partial charge in [-0.15, -0.1) is 0 Å². The van der Waals surface area contributed by atoms with Gasteiger partial charge in [0.1, 0.15) is 24.7 Å². The Morgan fingerprint density at radius 2 is 1.59 bits per heavy atom. The van der Waals surface area contributed by atoms with E-state index in [1.807, 2.05) is 6.92 Å². The molecule has 180 valence electrons. The molecule has 0 atom stereocenters. The van der Waals surface area contributed by atoms with Gasteiger partial charge in [-0.2, -0.15) is 0 Å². The lowest BCUT2D eigenvalue weighted by Gasteiger charge is -2.26. The molecule has 0 saturated heterocycles. The van der Waals surface area contributed by atoms with Crippen molar-refractivity contribution in [2.75, 3.05) is 30.6 Å². The minimum absolute atomic E-state index is 0.0826. The number of sulfonamides is 1. The molecule has 0 radical (unpaired) electrons. The number of para-hydroxylation sites is 3. The number of benzene rings is 3. The summed E-state index contributed by atoms with van der Waals surface area (Å²) < 4.78 is 39.4. The van der Waals surface area contributed by atoms with Crippen molar-refractivity contribution < 1.29 is 22.7 Å². The van der Waals surface area contributed by atoms with Crippen LogP contribution < -0.4 is 19.1 Å². The first kappa shape index (κ1) is 25.4. The number of rotatable bonds is 11. The zero-order valence-electron chi connectivity index (χ0n) is 19.0. The van der Waals surface area contributed by atoms with Crippen molar-refractivity contribution in [1.82, 2.24) is 5.32 Å². The summed E-state index contributed by atoms with van der Waals surface area (Å²) in [5.74, 6) is 0.396. The Bertz CT molecular complexity index is 1220. The smallest absolute Gasteiger partial charge is 0.264 e. The van der Waals surface area contributed by atoms with Crippen LogP contribution in [0.2, 0.25) is 5.02 Å². The van der Waals surface area contributed by atoms with E-state index in [-0.39, 0.29) is 23.7 Å². The summed E-state index contributed by atoms with van der Waals surface area (Å²) in [5, 5.41) is 3.17. The Morgan fingerprint density at radius 1 is 0.941 bits per heavy atom. The van der Waals surface area contributed by atoms with Crippen LogP contribution in [0.5, 0.6) is 11.5 Å². The molecule has 0 spiro atoms. The number of nitrogens with zero attached hydrogens (tertiary/aromatic N) is 1. The maximum absolute atomic E-state index is 13.5. The Balaban J connectivity index is 1.78. The number of ether oxygens (including phenoxy) is 2. The van der Waals surface area contributed by atoms with E-state index in [0.29, 0.717) is 23.1 Å². The Labute approximate surface area is 205 Å². The summed E-state index contributed by atoms with van der Waals surface area (Å²) in [5.41, 5.74) is 1.21. The van der Waals surface area contributed by atoms with E-state index in [2.05, 4.69) is 5.32 Å². The molecular formula is C25H27ClN2O5S. The second kappa shape index (κ2) is 11.8. The number of anilines is 1. The summed E-state index contributed by atoms with van der Waals surface area (Å²) in [6, 6.07) is 20.2. The van der Waals surface area contributed by atoms with Gasteiger partial charge in [0.05, 0.1) is 28.8 Å². The monoisotopic (exact) mass is 502 g/mol. The van der Waals surface area contributed by atoms with Crippen molar-refractivity contribution in [3.63, 3.8) is 0 Å². The zero-order chi connectivity index (χ0) is 24.6. The highest BCUT2D eigenvalue weighted by Crippen LogP contribution is 2.32. The van der Waals surface area contributed by atoms with Crippen LogP contribution in [0, 0.1) is 6.92 Å². The van der Waals surface area contributed by atoms with Crippen molar-refractivity contribution in [3.05, 3.63) is 83.4 Å². The van der Waals surface area contributed by atoms with Crippen LogP contribution in [0.1, 0.15) is 12.5 Å². The predicted octanol–water partition coefficient (Wildman–Crippen LogP) is 4.44. The van der Waals surface area contributed by atoms with Crippen LogP contribution >= 0.6 is 11.6 Å². The highest BCUT2D eigenvalue weighted by molar-refractivity contribution is 7.92. The molecule has 0 aliphatic rings. The third-order valence-corrected chi connectivity index (χ3v) is 6.93. The maximum atomic E-state index is 13.5. The van der Waals surface area contributed by atoms with Crippen molar-refractivity contribution in [2.24, 2.45) is 0 Å². The van der Waals surface area contributed by atoms with Gasteiger partial charge in [0.15, 0.2) is 0 Å². The number of carbonyl (C=O) groups excluding carboxylic acids is 1. The molecule has 3 rings (SSSR count). The molecule has 3 aromatic rings. The van der Waals surface area contributed by atoms with Gasteiger partial charge in [-0.3, -0.25) is 9.10 Å². The van der Waals surface area contributed by atoms with Crippen LogP contribution in [0.4, 0.5) is 5.69 Å². The largest absolute Gasteiger partial charge is 0.492 e. The summed E-state index contributed by atoms with van der Waals surface area (Å²) in [6.07, 6.45) is 0. The van der Waals surface area contributed by atoms with Gasteiger partial charge < -0.3 is 14.8 Å². The lowest BCUT2D eigenvalue weighted by Crippen LogP contribution is -2.42. The van der Waals surface area contributed by atoms with Gasteiger partial charge in [-0.1, -0.05) is 53.6 Å². The zero-order valence-corrected chi connectivity index (χ0v) is 20.6. The quantitative estimate of drug-likeness (QED) is 0.392. The van der Waals surface area contributed by atoms with E-state index in [1.165, 1.54) is 12.1 Å². The van der Waals surface area contributed by atoms with Crippen LogP contribution in [0.3, 0.4) is 0 Å². The van der Waals surface area contributed by atoms with E-state index >= 15 is 0 Å². The normalized spacial score (nSPS) is 11.0. The topological polar surface area (TPSA) is 84.9 Å². The highest BCUT2D eigenvalue weighted by Gasteiger charge is 2.29. The van der Waals surface area contributed by atoms with Crippen molar-refractivity contribution in [2.45, 2.75) is 18.7 Å². The first-order valence-corrected chi connectivity index (χ1v) is 12.6. The number of amides is 1. The van der Waals surface area contributed by atoms with Gasteiger partial charge in [0.2, 0.25) is 5.91 Å². The van der Waals surface area contributed by atoms with Crippen molar-refractivity contribution in [3.8, 4) is 11.5 Å². The molecule has 1 amide bonds. The molecule has 0 aliphatic carbocycles. The van der Waals surface area contributed by atoms with E-state index < -0.39 is 22.5 Å². The Morgan fingerprint density at radius 3 is 2.26 bits per heavy atom. The third kappa shape index (κ3) is 6.42. The molecule has 0 unspecified atom stereocenters. The molecule has 0 heterocycles. The third-order valence-electron chi connectivity index (χ3n) is 4.85. The maximum Gasteiger partial charge on any atom is 0.264 e. The van der Waals surface area contributed by atoms with Gasteiger partial charge in [0.25, 0.3) is 10.0 Å². The van der Waals surface area contributed by atoms with Crippen LogP contribution in [0.25, 0.3) is 0 Å². The fourth-order valence-electron chi connectivity index (χ4n) is 3.18. The van der Waals surface area contributed by atoms with Gasteiger partial charge in [-0.05, 0) is 50.2 Å². The number of hydrogen-bond donors (Lipinski definition) is 1. The lowest BCUT2D eigenvalue weighted by atomic mass is 10.2. The van der Waals surface area contributed by atoms with Crippen LogP contribution in [0.15, 0.2) is 77.7 Å². The number of aryl methyl sites for hydroxylation is 1. The molecule has 0 saturated carbocycles. The number of nitrogens with one attached hydrogen (secondary N) is 1. The van der Waals surface area contributed by atoms with E-state index in [4.69, 9.17) is 21.1 Å². The van der Waals surface area contributed by atoms with Crippen LogP contribution in [-0.4, -0.2) is 40.6 Å². The standard InChI is InChI=1S/C25H27ClN2O5S/c1-3-32-24-11-7-5-9-22(24)28(34(30,31)20-14-12-19(2)13-15-20)18-25(29)27-16-17-33-23-10-6-4-8-21(23)26/h4-15H,3,16-18H2,1-2H3,(H,27,29). The second-order valence-electron chi connectivity index (χ2n) is 7.35. The number of carbonyl (C=O) groups is 1. The summed E-state index contributed by atoms with van der Waals surface area (Å²) >= 11 is 6.06. The fraction of sp³-hybridized carbons (Fsp3) is 0.240. The van der Waals surface area contributed by atoms with Crippen molar-refractivity contribution >= 4 is 33.2 Å². The first-order valence-electron chi connectivity index (χ1n) is 10.8. The fourth-order valence-corrected chi connectivity index (χ4v) is 4.80. The average molecular weight is 503 g/mol. The van der Waals surface area contributed by atoms with Gasteiger partial charge >= 0.3 is 0 Å². The minimum Gasteiger partial charge on any atom is -0.492 e. The van der Waals surface area contributed by atoms with Gasteiger partial charge in [0, 0.05) is 0 Å². The summed E-state index contributed by atoms with van der Waals surface area (Å²) in [7, 11) is -4.04. The SMILES string of the molecule is CCOc1ccccc1N(CC(=O)NCCOc1ccccc1Cl)S(=O)(=O)c1ccc(C)cc1. The first-order chi connectivity index (χ1) is 16.3. The molecule has 1 N–H and O–H groups in total. The lowest BCUT2D eigenvalue weighted by molar-refractivity contribution is -0.119. The average Bonchev–Trinajstić information content (AvgIpc) is 2.82. The molecule has 7 nitrogen and oxygen atoms in total. The predicted molar refractivity (Wildman–Crippen MR) is 133 cm³/mol. The van der Waals surface area contributed by atoms with Gasteiger partial charge in [-0.25, -0.2) is 8.42 Å². The van der Waals surface area contributed by atoms with E-state index in [0.717, 1.165) is 9.87 Å². The minimum atomic E-state index is -4.04. The number of halogens is 1. The highest BCUT2D eigenvalue weighted by atomic mass is 35.5. The molecule has 0 fully saturated rings. The molecule has 0 bridgehead atoms. The van der Waals surface area contributed by atoms with E-state index in [9.17, 15) is 13.2 Å². The molecule has 3 aromatic carbocycles. The second-order valence-corrected chi connectivity index (χ2v) is 9.62. The molecule has 0 aromatic heterocycles. The van der Waals surface area contributed by atoms with E-state index in [1.54, 1.807) is 67.6 Å². The molecule has 34 heavy (non-hydrogen) atoms. The number of hydrogen-bond acceptors (Lipinski definition) is 5. The molecule has 0 aliphatic heterocycles.